The lowest BCUT2D eigenvalue weighted by Crippen LogP contribution is -2.45. The van der Waals surface area contributed by atoms with Crippen LogP contribution in [0.25, 0.3) is 21.8 Å². The average molecular weight is 323 g/mol. The van der Waals surface area contributed by atoms with E-state index in [1.165, 1.54) is 0 Å². The lowest BCUT2D eigenvalue weighted by Gasteiger charge is -2.12. The van der Waals surface area contributed by atoms with Gasteiger partial charge >= 0.3 is 0 Å². The highest BCUT2D eigenvalue weighted by Crippen LogP contribution is 2.24. The number of aromatic nitrogens is 1. The van der Waals surface area contributed by atoms with Gasteiger partial charge in [-0.15, -0.1) is 0 Å². The van der Waals surface area contributed by atoms with Crippen LogP contribution in [0.15, 0.2) is 48.5 Å². The number of hydrogen-bond acceptors (Lipinski definition) is 4. The largest absolute Gasteiger partial charge is 0.545 e. The van der Waals surface area contributed by atoms with Crippen molar-refractivity contribution in [3.8, 4) is 0 Å². The van der Waals surface area contributed by atoms with Gasteiger partial charge in [0.2, 0.25) is 17.6 Å². The first kappa shape index (κ1) is 15.9. The lowest BCUT2D eigenvalue weighted by molar-refractivity contribution is -0.632. The number of pyridine rings is 1. The Balaban J connectivity index is 2.28. The normalized spacial score (nSPS) is 10.9. The van der Waals surface area contributed by atoms with Crippen molar-refractivity contribution < 1.29 is 19.3 Å². The topological polar surface area (TPSA) is 99.1 Å². The van der Waals surface area contributed by atoms with E-state index in [0.717, 1.165) is 0 Å². The number of carbonyl (C=O) groups excluding carboxylic acids is 2. The fraction of sp³-hybridized carbons (Fsp3) is 0.167. The molecule has 3 rings (SSSR count). The highest BCUT2D eigenvalue weighted by atomic mass is 16.4. The number of benzene rings is 2. The van der Waals surface area contributed by atoms with Crippen LogP contribution in [-0.2, 0) is 11.3 Å². The summed E-state index contributed by atoms with van der Waals surface area (Å²) in [4.78, 5) is 23.9. The first-order chi connectivity index (χ1) is 11.6. The number of nitrogens with zero attached hydrogens (tertiary/aromatic N) is 1. The van der Waals surface area contributed by atoms with Gasteiger partial charge in [-0.05, 0) is 12.1 Å². The maximum absolute atomic E-state index is 12.2. The minimum absolute atomic E-state index is 0.0777. The molecular weight excluding hydrogens is 306 g/mol. The van der Waals surface area contributed by atoms with E-state index in [1.807, 2.05) is 16.7 Å². The first-order valence-corrected chi connectivity index (χ1v) is 7.65. The van der Waals surface area contributed by atoms with Crippen molar-refractivity contribution >= 4 is 33.7 Å². The number of carboxylic acid groups (broad SMARTS) is 1. The van der Waals surface area contributed by atoms with Crippen LogP contribution >= 0.6 is 0 Å². The van der Waals surface area contributed by atoms with E-state index < -0.39 is 5.97 Å². The smallest absolute Gasteiger partial charge is 0.286 e. The van der Waals surface area contributed by atoms with Crippen LogP contribution in [0.5, 0.6) is 0 Å². The van der Waals surface area contributed by atoms with Crippen LogP contribution in [0.1, 0.15) is 10.4 Å². The zero-order chi connectivity index (χ0) is 17.1. The maximum atomic E-state index is 12.2. The highest BCUT2D eigenvalue weighted by molar-refractivity contribution is 6.11. The van der Waals surface area contributed by atoms with Crippen molar-refractivity contribution in [2.45, 2.75) is 6.54 Å². The van der Waals surface area contributed by atoms with E-state index in [1.54, 1.807) is 36.4 Å². The van der Waals surface area contributed by atoms with Gasteiger partial charge in [0.15, 0.2) is 0 Å². The van der Waals surface area contributed by atoms with Gasteiger partial charge in [-0.2, -0.15) is 4.57 Å². The molecule has 122 valence electrons. The number of para-hydroxylation sites is 2. The molecule has 0 unspecified atom stereocenters. The third-order valence-corrected chi connectivity index (χ3v) is 3.90. The number of carbonyl (C=O) groups is 2. The third kappa shape index (κ3) is 2.79. The molecule has 2 aromatic carbocycles. The van der Waals surface area contributed by atoms with Gasteiger partial charge in [0.1, 0.15) is 0 Å². The summed E-state index contributed by atoms with van der Waals surface area (Å²) < 4.78 is 1.81. The van der Waals surface area contributed by atoms with Crippen molar-refractivity contribution in [2.75, 3.05) is 13.1 Å². The van der Waals surface area contributed by atoms with Gasteiger partial charge in [-0.1, -0.05) is 24.3 Å². The third-order valence-electron chi connectivity index (χ3n) is 3.90. The molecule has 3 N–H and O–H groups in total. The maximum Gasteiger partial charge on any atom is 0.286 e. The number of nitrogens with one attached hydrogen (secondary N) is 1. The van der Waals surface area contributed by atoms with Gasteiger partial charge in [0.05, 0.1) is 16.7 Å². The summed E-state index contributed by atoms with van der Waals surface area (Å²) in [5.74, 6) is -1.41. The minimum atomic E-state index is -1.23. The Morgan fingerprint density at radius 3 is 2.04 bits per heavy atom. The minimum Gasteiger partial charge on any atom is -0.545 e. The molecule has 0 saturated carbocycles. The van der Waals surface area contributed by atoms with Crippen LogP contribution in [0.4, 0.5) is 0 Å². The Kier molecular flexibility index (Phi) is 4.39. The number of nitrogens with two attached hydrogens (primary N) is 1. The van der Waals surface area contributed by atoms with Gasteiger partial charge in [0, 0.05) is 30.8 Å². The van der Waals surface area contributed by atoms with E-state index in [9.17, 15) is 14.7 Å². The fourth-order valence-electron chi connectivity index (χ4n) is 2.92. The van der Waals surface area contributed by atoms with Crippen LogP contribution in [0.2, 0.25) is 0 Å². The predicted octanol–water partition coefficient (Wildman–Crippen LogP) is -0.281. The van der Waals surface area contributed by atoms with Crippen LogP contribution in [-0.4, -0.2) is 25.0 Å². The number of carboxylic acids is 1. The Bertz CT molecular complexity index is 880. The average Bonchev–Trinajstić information content (AvgIpc) is 2.59. The summed E-state index contributed by atoms with van der Waals surface area (Å²) >= 11 is 0. The predicted molar refractivity (Wildman–Crippen MR) is 88.0 cm³/mol. The molecule has 1 heterocycles. The number of aromatic carboxylic acids is 1. The highest BCUT2D eigenvalue weighted by Gasteiger charge is 2.22. The first-order valence-electron chi connectivity index (χ1n) is 7.65. The SMILES string of the molecule is NCCNC(=O)C[n+]1c2ccccc2c(C(=O)[O-])c2ccccc21. The Morgan fingerprint density at radius 2 is 1.54 bits per heavy atom. The van der Waals surface area contributed by atoms with E-state index in [-0.39, 0.29) is 18.0 Å². The molecule has 0 aliphatic rings. The number of amides is 1. The van der Waals surface area contributed by atoms with E-state index in [4.69, 9.17) is 5.73 Å². The molecule has 0 radical (unpaired) electrons. The molecule has 1 aromatic heterocycles. The molecular formula is C18H17N3O3. The van der Waals surface area contributed by atoms with Gasteiger partial charge < -0.3 is 21.0 Å². The molecule has 1 amide bonds. The molecule has 24 heavy (non-hydrogen) atoms. The molecule has 0 aliphatic heterocycles. The second-order valence-corrected chi connectivity index (χ2v) is 5.42. The molecule has 0 saturated heterocycles. The summed E-state index contributed by atoms with van der Waals surface area (Å²) in [5, 5.41) is 15.5. The number of rotatable bonds is 5. The second-order valence-electron chi connectivity index (χ2n) is 5.42. The Hall–Kier alpha value is -2.99. The van der Waals surface area contributed by atoms with Gasteiger partial charge in [-0.3, -0.25) is 4.79 Å². The quantitative estimate of drug-likeness (QED) is 0.498. The number of fused-ring (bicyclic) bond motifs is 2. The fourth-order valence-corrected chi connectivity index (χ4v) is 2.92. The molecule has 0 aliphatic carbocycles. The molecule has 0 fully saturated rings. The van der Waals surface area contributed by atoms with Crippen LogP contribution in [0, 0.1) is 0 Å². The lowest BCUT2D eigenvalue weighted by atomic mass is 10.0. The summed E-state index contributed by atoms with van der Waals surface area (Å²) in [5.41, 5.74) is 6.88. The zero-order valence-electron chi connectivity index (χ0n) is 13.0. The standard InChI is InChI=1S/C18H17N3O3/c19-9-10-20-16(22)11-21-14-7-3-1-5-12(14)17(18(23)24)13-6-2-4-8-15(13)21/h1-8H,9-11,19H2,(H-,20,22,23,24). The second kappa shape index (κ2) is 6.64. The Labute approximate surface area is 138 Å². The summed E-state index contributed by atoms with van der Waals surface area (Å²) in [6.07, 6.45) is 0. The van der Waals surface area contributed by atoms with Crippen molar-refractivity contribution in [2.24, 2.45) is 5.73 Å². The molecule has 0 atom stereocenters. The summed E-state index contributed by atoms with van der Waals surface area (Å²) in [6.45, 7) is 0.836. The number of hydrogen-bond donors (Lipinski definition) is 2. The summed E-state index contributed by atoms with van der Waals surface area (Å²) in [7, 11) is 0. The van der Waals surface area contributed by atoms with Crippen molar-refractivity contribution in [3.63, 3.8) is 0 Å². The Morgan fingerprint density at radius 1 is 1.00 bits per heavy atom. The zero-order valence-corrected chi connectivity index (χ0v) is 13.0. The monoisotopic (exact) mass is 323 g/mol. The van der Waals surface area contributed by atoms with Crippen LogP contribution < -0.4 is 20.7 Å². The van der Waals surface area contributed by atoms with E-state index in [0.29, 0.717) is 34.9 Å². The van der Waals surface area contributed by atoms with Crippen molar-refractivity contribution in [1.29, 1.82) is 0 Å². The van der Waals surface area contributed by atoms with Gasteiger partial charge in [-0.25, -0.2) is 0 Å². The van der Waals surface area contributed by atoms with Crippen molar-refractivity contribution in [1.82, 2.24) is 5.32 Å². The van der Waals surface area contributed by atoms with E-state index >= 15 is 0 Å². The van der Waals surface area contributed by atoms with Crippen LogP contribution in [0.3, 0.4) is 0 Å². The molecule has 3 aromatic rings. The molecule has 0 bridgehead atoms. The molecule has 6 nitrogen and oxygen atoms in total. The van der Waals surface area contributed by atoms with E-state index in [2.05, 4.69) is 5.32 Å². The van der Waals surface area contributed by atoms with Crippen molar-refractivity contribution in [3.05, 3.63) is 54.1 Å². The molecule has 0 spiro atoms. The summed E-state index contributed by atoms with van der Waals surface area (Å²) in [6, 6.07) is 14.2. The molecule has 6 heteroatoms. The van der Waals surface area contributed by atoms with Gasteiger partial charge in [0.25, 0.3) is 5.91 Å².